The number of ether oxygens (including phenoxy) is 1. The van der Waals surface area contributed by atoms with E-state index in [9.17, 15) is 4.79 Å². The number of hydrogen-bond acceptors (Lipinski definition) is 3. The third-order valence-electron chi connectivity index (χ3n) is 2.61. The molecule has 1 rings (SSSR count). The van der Waals surface area contributed by atoms with Gasteiger partial charge in [0.15, 0.2) is 0 Å². The molecule has 0 aromatic heterocycles. The number of thioether (sulfide) groups is 1. The second-order valence-electron chi connectivity index (χ2n) is 4.06. The van der Waals surface area contributed by atoms with Gasteiger partial charge in [-0.15, -0.1) is 11.8 Å². The lowest BCUT2D eigenvalue weighted by molar-refractivity contribution is -0.134. The highest BCUT2D eigenvalue weighted by Crippen LogP contribution is 2.23. The third-order valence-corrected chi connectivity index (χ3v) is 4.05. The highest BCUT2D eigenvalue weighted by atomic mass is 35.5. The van der Waals surface area contributed by atoms with E-state index in [1.165, 1.54) is 23.7 Å². The molecule has 0 bridgehead atoms. The number of carbonyl (C=O) groups is 1. The lowest BCUT2D eigenvalue weighted by Gasteiger charge is -2.05. The molecule has 0 fully saturated rings. The normalized spacial score (nSPS) is 12.4. The van der Waals surface area contributed by atoms with Crippen molar-refractivity contribution in [2.45, 2.75) is 18.7 Å². The largest absolute Gasteiger partial charge is 0.466 e. The Kier molecular flexibility index (Phi) is 6.74. The highest BCUT2D eigenvalue weighted by Gasteiger charge is 1.99. The lowest BCUT2D eigenvalue weighted by Crippen LogP contribution is -1.94. The van der Waals surface area contributed by atoms with Crippen LogP contribution in [0.2, 0.25) is 5.02 Å². The monoisotopic (exact) mass is 296 g/mol. The Bertz CT molecular complexity index is 489. The van der Waals surface area contributed by atoms with Crippen LogP contribution < -0.4 is 0 Å². The van der Waals surface area contributed by atoms with Crippen LogP contribution in [0.4, 0.5) is 0 Å². The van der Waals surface area contributed by atoms with Crippen LogP contribution in [-0.4, -0.2) is 18.8 Å². The van der Waals surface area contributed by atoms with Gasteiger partial charge >= 0.3 is 5.97 Å². The molecule has 2 nitrogen and oxygen atoms in total. The van der Waals surface area contributed by atoms with Crippen LogP contribution in [0, 0.1) is 0 Å². The van der Waals surface area contributed by atoms with Crippen molar-refractivity contribution in [3.63, 3.8) is 0 Å². The Morgan fingerprint density at radius 2 is 1.89 bits per heavy atom. The van der Waals surface area contributed by atoms with Gasteiger partial charge in [0.2, 0.25) is 0 Å². The molecule has 0 amide bonds. The second-order valence-corrected chi connectivity index (χ2v) is 5.55. The van der Waals surface area contributed by atoms with E-state index >= 15 is 0 Å². The predicted molar refractivity (Wildman–Crippen MR) is 81.7 cm³/mol. The van der Waals surface area contributed by atoms with Gasteiger partial charge in [-0.2, -0.15) is 0 Å². The Balaban J connectivity index is 2.58. The average Bonchev–Trinajstić information content (AvgIpc) is 2.43. The molecule has 0 aliphatic rings. The van der Waals surface area contributed by atoms with Gasteiger partial charge in [0.1, 0.15) is 0 Å². The molecule has 1 aromatic rings. The van der Waals surface area contributed by atoms with Gasteiger partial charge in [-0.05, 0) is 38.1 Å². The van der Waals surface area contributed by atoms with Crippen LogP contribution in [-0.2, 0) is 9.53 Å². The fourth-order valence-electron chi connectivity index (χ4n) is 1.24. The van der Waals surface area contributed by atoms with Crippen molar-refractivity contribution in [3.8, 4) is 0 Å². The molecule has 0 spiro atoms. The highest BCUT2D eigenvalue weighted by molar-refractivity contribution is 7.99. The summed E-state index contributed by atoms with van der Waals surface area (Å²) in [6.07, 6.45) is 3.22. The van der Waals surface area contributed by atoms with E-state index < -0.39 is 0 Å². The summed E-state index contributed by atoms with van der Waals surface area (Å²) in [5.74, 6) is 0.538. The number of benzene rings is 1. The van der Waals surface area contributed by atoms with E-state index in [-0.39, 0.29) is 5.97 Å². The van der Waals surface area contributed by atoms with Crippen molar-refractivity contribution >= 4 is 29.3 Å². The number of carbonyl (C=O) groups excluding carboxylic acids is 1. The standard InChI is InChI=1S/C15H17ClO2S/c1-11(4-9-15(17)18-3)12(2)10-19-14-7-5-13(16)6-8-14/h4-9H,10H2,1-3H3/b9-4+,12-11+. The molecule has 102 valence electrons. The number of methoxy groups -OCH3 is 1. The van der Waals surface area contributed by atoms with Crippen molar-refractivity contribution in [2.24, 2.45) is 0 Å². The van der Waals surface area contributed by atoms with Crippen LogP contribution in [0.25, 0.3) is 0 Å². The zero-order valence-corrected chi connectivity index (χ0v) is 12.8. The van der Waals surface area contributed by atoms with Crippen LogP contribution >= 0.6 is 23.4 Å². The molecule has 0 aliphatic heterocycles. The van der Waals surface area contributed by atoms with E-state index in [0.29, 0.717) is 0 Å². The van der Waals surface area contributed by atoms with Crippen molar-refractivity contribution in [1.29, 1.82) is 0 Å². The van der Waals surface area contributed by atoms with Gasteiger partial charge in [0.05, 0.1) is 7.11 Å². The summed E-state index contributed by atoms with van der Waals surface area (Å²) in [5.41, 5.74) is 2.30. The quantitative estimate of drug-likeness (QED) is 0.346. The Labute approximate surface area is 123 Å². The summed E-state index contributed by atoms with van der Waals surface area (Å²) >= 11 is 7.58. The average molecular weight is 297 g/mol. The molecule has 0 aliphatic carbocycles. The molecule has 19 heavy (non-hydrogen) atoms. The van der Waals surface area contributed by atoms with Gasteiger partial charge in [-0.3, -0.25) is 0 Å². The molecule has 0 heterocycles. The molecule has 0 radical (unpaired) electrons. The van der Waals surface area contributed by atoms with Crippen LogP contribution in [0.5, 0.6) is 0 Å². The summed E-state index contributed by atoms with van der Waals surface area (Å²) in [5, 5.41) is 0.744. The van der Waals surface area contributed by atoms with E-state index in [2.05, 4.69) is 11.7 Å². The molecule has 0 saturated carbocycles. The molecule has 0 N–H and O–H groups in total. The maximum Gasteiger partial charge on any atom is 0.330 e. The zero-order valence-electron chi connectivity index (χ0n) is 11.3. The third kappa shape index (κ3) is 5.99. The minimum absolute atomic E-state index is 0.336. The first-order valence-corrected chi connectivity index (χ1v) is 7.20. The summed E-state index contributed by atoms with van der Waals surface area (Å²) in [6.45, 7) is 4.04. The summed E-state index contributed by atoms with van der Waals surface area (Å²) in [7, 11) is 1.37. The SMILES string of the molecule is COC(=O)/C=C/C(C)=C(\C)CSc1ccc(Cl)cc1. The van der Waals surface area contributed by atoms with Gasteiger partial charge in [-0.25, -0.2) is 4.79 Å². The van der Waals surface area contributed by atoms with Crippen molar-refractivity contribution in [1.82, 2.24) is 0 Å². The number of hydrogen-bond donors (Lipinski definition) is 0. The Hall–Kier alpha value is -1.19. The van der Waals surface area contributed by atoms with Gasteiger partial charge in [-0.1, -0.05) is 28.8 Å². The number of rotatable bonds is 5. The molecular formula is C15H17ClO2S. The topological polar surface area (TPSA) is 26.3 Å². The number of esters is 1. The van der Waals surface area contributed by atoms with Crippen molar-refractivity contribution < 1.29 is 9.53 Å². The zero-order chi connectivity index (χ0) is 14.3. The van der Waals surface area contributed by atoms with E-state index in [0.717, 1.165) is 16.3 Å². The fourth-order valence-corrected chi connectivity index (χ4v) is 2.30. The first-order valence-electron chi connectivity index (χ1n) is 5.83. The van der Waals surface area contributed by atoms with E-state index in [4.69, 9.17) is 11.6 Å². The number of allylic oxidation sites excluding steroid dienone is 2. The number of halogens is 1. The molecule has 0 unspecified atom stereocenters. The van der Waals surface area contributed by atoms with E-state index in [1.807, 2.05) is 31.2 Å². The van der Waals surface area contributed by atoms with Crippen molar-refractivity contribution in [2.75, 3.05) is 12.9 Å². The first kappa shape index (κ1) is 15.9. The van der Waals surface area contributed by atoms with Crippen LogP contribution in [0.1, 0.15) is 13.8 Å². The molecule has 4 heteroatoms. The molecule has 0 atom stereocenters. The van der Waals surface area contributed by atoms with Crippen molar-refractivity contribution in [3.05, 3.63) is 52.6 Å². The Morgan fingerprint density at radius 3 is 2.47 bits per heavy atom. The molecule has 0 saturated heterocycles. The van der Waals surface area contributed by atoms with Gasteiger partial charge < -0.3 is 4.74 Å². The Morgan fingerprint density at radius 1 is 1.26 bits per heavy atom. The molecule has 1 aromatic carbocycles. The predicted octanol–water partition coefficient (Wildman–Crippen LogP) is 4.50. The van der Waals surface area contributed by atoms with Gasteiger partial charge in [0, 0.05) is 21.7 Å². The lowest BCUT2D eigenvalue weighted by atomic mass is 10.1. The smallest absolute Gasteiger partial charge is 0.330 e. The van der Waals surface area contributed by atoms with Crippen LogP contribution in [0.3, 0.4) is 0 Å². The summed E-state index contributed by atoms with van der Waals surface area (Å²) < 4.78 is 4.55. The summed E-state index contributed by atoms with van der Waals surface area (Å²) in [4.78, 5) is 12.2. The van der Waals surface area contributed by atoms with Crippen LogP contribution in [0.15, 0.2) is 52.5 Å². The fraction of sp³-hybridized carbons (Fsp3) is 0.267. The minimum atomic E-state index is -0.336. The maximum atomic E-state index is 11.0. The minimum Gasteiger partial charge on any atom is -0.466 e. The maximum absolute atomic E-state index is 11.0. The molecular weight excluding hydrogens is 280 g/mol. The first-order chi connectivity index (χ1) is 9.02. The second kappa shape index (κ2) is 8.08. The van der Waals surface area contributed by atoms with Gasteiger partial charge in [0.25, 0.3) is 0 Å². The summed E-state index contributed by atoms with van der Waals surface area (Å²) in [6, 6.07) is 7.76. The van der Waals surface area contributed by atoms with E-state index in [1.54, 1.807) is 17.8 Å².